The van der Waals surface area contributed by atoms with E-state index in [1.54, 1.807) is 30.0 Å². The van der Waals surface area contributed by atoms with Crippen molar-refractivity contribution in [2.45, 2.75) is 32.2 Å². The monoisotopic (exact) mass is 526 g/mol. The first kappa shape index (κ1) is 24.5. The summed E-state index contributed by atoms with van der Waals surface area (Å²) in [6, 6.07) is 14.0. The van der Waals surface area contributed by atoms with Gasteiger partial charge in [-0.25, -0.2) is 0 Å². The van der Waals surface area contributed by atoms with E-state index >= 15 is 0 Å². The number of aromatic nitrogens is 1. The molecule has 2 aromatic carbocycles. The molecule has 5 aromatic rings. The lowest BCUT2D eigenvalue weighted by Gasteiger charge is -2.28. The Balaban J connectivity index is 1.41. The van der Waals surface area contributed by atoms with Crippen molar-refractivity contribution < 1.29 is 23.5 Å². The number of H-pyrrole nitrogens is 1. The Morgan fingerprint density at radius 2 is 1.97 bits per heavy atom. The first-order chi connectivity index (χ1) is 18.8. The molecule has 39 heavy (non-hydrogen) atoms. The molecule has 9 nitrogen and oxygen atoms in total. The van der Waals surface area contributed by atoms with Gasteiger partial charge < -0.3 is 28.6 Å². The Kier molecular flexibility index (Phi) is 5.98. The van der Waals surface area contributed by atoms with Crippen LogP contribution < -0.4 is 15.6 Å². The molecule has 9 heteroatoms. The number of carbonyl (C=O) groups is 1. The number of hydrogen-bond acceptors (Lipinski definition) is 7. The zero-order chi connectivity index (χ0) is 27.3. The fourth-order valence-electron chi connectivity index (χ4n) is 5.41. The molecule has 1 atom stereocenters. The largest absolute Gasteiger partial charge is 0.502 e. The molecule has 1 aliphatic heterocycles. The summed E-state index contributed by atoms with van der Waals surface area (Å²) in [7, 11) is 1.49. The minimum absolute atomic E-state index is 0.0939. The number of methoxy groups -OCH3 is 1. The van der Waals surface area contributed by atoms with Crippen LogP contribution in [0, 0.1) is 6.92 Å². The van der Waals surface area contributed by atoms with Gasteiger partial charge in [-0.15, -0.1) is 0 Å². The van der Waals surface area contributed by atoms with Gasteiger partial charge >= 0.3 is 0 Å². The van der Waals surface area contributed by atoms with Gasteiger partial charge in [0, 0.05) is 41.2 Å². The fourth-order valence-corrected chi connectivity index (χ4v) is 5.41. The van der Waals surface area contributed by atoms with Crippen LogP contribution in [-0.2, 0) is 17.8 Å². The van der Waals surface area contributed by atoms with Crippen molar-refractivity contribution in [2.24, 2.45) is 0 Å². The minimum Gasteiger partial charge on any atom is -0.502 e. The molecule has 198 valence electrons. The zero-order valence-electron chi connectivity index (χ0n) is 21.4. The maximum atomic E-state index is 13.7. The number of para-hydroxylation sites is 1. The van der Waals surface area contributed by atoms with Crippen molar-refractivity contribution in [3.63, 3.8) is 0 Å². The van der Waals surface area contributed by atoms with E-state index in [1.165, 1.54) is 18.9 Å². The second-order valence-corrected chi connectivity index (χ2v) is 9.77. The highest BCUT2D eigenvalue weighted by molar-refractivity contribution is 5.86. The Morgan fingerprint density at radius 3 is 2.79 bits per heavy atom. The second kappa shape index (κ2) is 9.50. The summed E-state index contributed by atoms with van der Waals surface area (Å²) in [6.07, 6.45) is 1.73. The number of fused-ring (bicyclic) bond motifs is 4. The van der Waals surface area contributed by atoms with E-state index in [-0.39, 0.29) is 34.8 Å². The molecular weight excluding hydrogens is 500 g/mol. The van der Waals surface area contributed by atoms with Crippen LogP contribution in [0.1, 0.15) is 40.7 Å². The summed E-state index contributed by atoms with van der Waals surface area (Å²) in [5.74, 6) is -1.38. The Bertz CT molecular complexity index is 1860. The molecular formula is C30H26N2O7. The number of hydrogen-bond donors (Lipinski definition) is 2. The molecule has 0 bridgehead atoms. The third-order valence-electron chi connectivity index (χ3n) is 7.38. The normalized spacial score (nSPS) is 13.9. The number of rotatable bonds is 5. The summed E-state index contributed by atoms with van der Waals surface area (Å²) in [6.45, 7) is 2.44. The first-order valence-corrected chi connectivity index (χ1v) is 12.6. The lowest BCUT2D eigenvalue weighted by Crippen LogP contribution is -2.37. The molecule has 6 rings (SSSR count). The van der Waals surface area contributed by atoms with Gasteiger partial charge in [-0.05, 0) is 43.2 Å². The maximum absolute atomic E-state index is 13.7. The molecule has 1 amide bonds. The van der Waals surface area contributed by atoms with E-state index in [1.807, 2.05) is 18.2 Å². The van der Waals surface area contributed by atoms with Crippen molar-refractivity contribution >= 4 is 27.8 Å². The molecule has 0 saturated carbocycles. The lowest BCUT2D eigenvalue weighted by atomic mass is 9.91. The number of aromatic hydroxyl groups is 1. The van der Waals surface area contributed by atoms with E-state index in [9.17, 15) is 19.5 Å². The van der Waals surface area contributed by atoms with Crippen molar-refractivity contribution in [1.82, 2.24) is 9.88 Å². The van der Waals surface area contributed by atoms with Crippen LogP contribution in [0.15, 0.2) is 73.2 Å². The highest BCUT2D eigenvalue weighted by Crippen LogP contribution is 2.34. The Morgan fingerprint density at radius 1 is 1.15 bits per heavy atom. The van der Waals surface area contributed by atoms with Gasteiger partial charge in [0.2, 0.25) is 17.1 Å². The molecule has 2 N–H and O–H groups in total. The smallest absolute Gasteiger partial charge is 0.227 e. The standard InChI is InChI=1S/C30H26N2O7/c1-16-11-25(33)29(36)30(39-16)20(22-15-38-26-8-7-17(37-2)12-21(26)28(22)35)13-27(34)32-10-9-19-18-5-3-4-6-23(18)31-24(19)14-32/h3-8,11-12,15,20,31,36H,9-10,13-14H2,1-2H3/t20-/m0/s1. The van der Waals surface area contributed by atoms with Crippen LogP contribution in [0.5, 0.6) is 11.5 Å². The van der Waals surface area contributed by atoms with Gasteiger partial charge in [0.1, 0.15) is 17.1 Å². The van der Waals surface area contributed by atoms with E-state index in [4.69, 9.17) is 13.6 Å². The molecule has 0 spiro atoms. The van der Waals surface area contributed by atoms with Gasteiger partial charge in [0.25, 0.3) is 0 Å². The minimum atomic E-state index is -1.05. The highest BCUT2D eigenvalue weighted by atomic mass is 16.5. The van der Waals surface area contributed by atoms with Crippen LogP contribution in [0.25, 0.3) is 21.9 Å². The average molecular weight is 527 g/mol. The maximum Gasteiger partial charge on any atom is 0.227 e. The molecule has 3 aromatic heterocycles. The molecule has 4 heterocycles. The van der Waals surface area contributed by atoms with Crippen molar-refractivity contribution in [3.05, 3.63) is 104 Å². The molecule has 0 saturated heterocycles. The first-order valence-electron chi connectivity index (χ1n) is 12.6. The van der Waals surface area contributed by atoms with E-state index in [2.05, 4.69) is 11.1 Å². The van der Waals surface area contributed by atoms with Crippen LogP contribution in [-0.4, -0.2) is 34.6 Å². The van der Waals surface area contributed by atoms with Crippen molar-refractivity contribution in [2.75, 3.05) is 13.7 Å². The van der Waals surface area contributed by atoms with Crippen LogP contribution >= 0.6 is 0 Å². The number of ether oxygens (including phenoxy) is 1. The van der Waals surface area contributed by atoms with Gasteiger partial charge in [-0.1, -0.05) is 18.2 Å². The van der Waals surface area contributed by atoms with Gasteiger partial charge in [-0.3, -0.25) is 14.4 Å². The van der Waals surface area contributed by atoms with Crippen LogP contribution in [0.3, 0.4) is 0 Å². The summed E-state index contributed by atoms with van der Waals surface area (Å²) in [5.41, 5.74) is 2.55. The number of benzene rings is 2. The molecule has 0 aliphatic carbocycles. The molecule has 0 unspecified atom stereocenters. The number of amides is 1. The second-order valence-electron chi connectivity index (χ2n) is 9.77. The van der Waals surface area contributed by atoms with Crippen LogP contribution in [0.2, 0.25) is 0 Å². The topological polar surface area (TPSA) is 126 Å². The predicted molar refractivity (Wildman–Crippen MR) is 144 cm³/mol. The Labute approximate surface area is 222 Å². The summed E-state index contributed by atoms with van der Waals surface area (Å²) in [4.78, 5) is 44.9. The van der Waals surface area contributed by atoms with Crippen molar-refractivity contribution in [3.8, 4) is 11.5 Å². The number of nitrogens with one attached hydrogen (secondary N) is 1. The summed E-state index contributed by atoms with van der Waals surface area (Å²) >= 11 is 0. The van der Waals surface area contributed by atoms with E-state index < -0.39 is 22.5 Å². The molecule has 0 fully saturated rings. The fraction of sp³-hybridized carbons (Fsp3) is 0.233. The average Bonchev–Trinajstić information content (AvgIpc) is 3.32. The molecule has 0 radical (unpaired) electrons. The lowest BCUT2D eigenvalue weighted by molar-refractivity contribution is -0.132. The molecule has 1 aliphatic rings. The van der Waals surface area contributed by atoms with E-state index in [0.29, 0.717) is 30.8 Å². The highest BCUT2D eigenvalue weighted by Gasteiger charge is 2.32. The zero-order valence-corrected chi connectivity index (χ0v) is 21.4. The quantitative estimate of drug-likeness (QED) is 0.349. The summed E-state index contributed by atoms with van der Waals surface area (Å²) in [5, 5.41) is 12.1. The number of aromatic amines is 1. The van der Waals surface area contributed by atoms with Gasteiger partial charge in [-0.2, -0.15) is 0 Å². The summed E-state index contributed by atoms with van der Waals surface area (Å²) < 4.78 is 16.8. The number of carbonyl (C=O) groups excluding carboxylic acids is 1. The third-order valence-corrected chi connectivity index (χ3v) is 7.38. The van der Waals surface area contributed by atoms with Crippen molar-refractivity contribution in [1.29, 1.82) is 0 Å². The number of aryl methyl sites for hydroxylation is 1. The van der Waals surface area contributed by atoms with Crippen LogP contribution in [0.4, 0.5) is 0 Å². The van der Waals surface area contributed by atoms with Gasteiger partial charge in [0.05, 0.1) is 31.2 Å². The third kappa shape index (κ3) is 4.25. The SMILES string of the molecule is COc1ccc2occ([C@H](CC(=O)N3CCc4c([nH]c5ccccc45)C3)c3oc(C)cc(=O)c3O)c(=O)c2c1. The Hall–Kier alpha value is -4.79. The predicted octanol–water partition coefficient (Wildman–Crippen LogP) is 4.36. The number of nitrogens with zero attached hydrogens (tertiary/aromatic N) is 1. The van der Waals surface area contributed by atoms with Gasteiger partial charge in [0.15, 0.2) is 11.2 Å². The van der Waals surface area contributed by atoms with E-state index in [0.717, 1.165) is 22.7 Å².